The lowest BCUT2D eigenvalue weighted by molar-refractivity contribution is -0.143. The molecule has 0 aromatic heterocycles. The highest BCUT2D eigenvalue weighted by Gasteiger charge is 2.40. The van der Waals surface area contributed by atoms with E-state index in [1.165, 1.54) is 0 Å². The van der Waals surface area contributed by atoms with Gasteiger partial charge in [0.15, 0.2) is 0 Å². The van der Waals surface area contributed by atoms with Gasteiger partial charge in [-0.25, -0.2) is 0 Å². The number of rotatable bonds is 15. The maximum Gasteiger partial charge on any atom is 0.305 e. The van der Waals surface area contributed by atoms with Crippen molar-refractivity contribution in [2.45, 2.75) is 103 Å². The van der Waals surface area contributed by atoms with Crippen molar-refractivity contribution < 1.29 is 24.2 Å². The number of aliphatic hydroxyl groups excluding tert-OH is 1. The Morgan fingerprint density at radius 1 is 0.963 bits per heavy atom. The molecule has 0 radical (unpaired) electrons. The molecule has 0 saturated heterocycles. The molecule has 5 heteroatoms. The van der Waals surface area contributed by atoms with Gasteiger partial charge in [-0.1, -0.05) is 39.0 Å². The number of ether oxygens (including phenoxy) is 1. The van der Waals surface area contributed by atoms with Crippen molar-refractivity contribution in [1.82, 2.24) is 0 Å². The van der Waals surface area contributed by atoms with Crippen molar-refractivity contribution in [3.8, 4) is 0 Å². The van der Waals surface area contributed by atoms with Crippen LogP contribution in [0.5, 0.6) is 0 Å². The van der Waals surface area contributed by atoms with Crippen LogP contribution in [0, 0.1) is 11.8 Å². The fourth-order valence-corrected chi connectivity index (χ4v) is 4.03. The highest BCUT2D eigenvalue weighted by Crippen LogP contribution is 2.36. The van der Waals surface area contributed by atoms with Crippen molar-refractivity contribution in [1.29, 1.82) is 0 Å². The molecule has 1 saturated carbocycles. The lowest BCUT2D eigenvalue weighted by atomic mass is 9.85. The van der Waals surface area contributed by atoms with Crippen molar-refractivity contribution in [3.05, 3.63) is 0 Å². The Labute approximate surface area is 164 Å². The number of hydrogen-bond acceptors (Lipinski definition) is 5. The zero-order chi connectivity index (χ0) is 20.1. The van der Waals surface area contributed by atoms with Gasteiger partial charge >= 0.3 is 5.97 Å². The maximum atomic E-state index is 12.2. The largest absolute Gasteiger partial charge is 0.466 e. The Morgan fingerprint density at radius 3 is 2.37 bits per heavy atom. The number of unbranched alkanes of at least 4 members (excludes halogenated alkanes) is 5. The molecular weight excluding hydrogens is 344 g/mol. The maximum absolute atomic E-state index is 12.2. The van der Waals surface area contributed by atoms with Crippen molar-refractivity contribution in [2.75, 3.05) is 6.61 Å². The van der Waals surface area contributed by atoms with Crippen LogP contribution in [0.2, 0.25) is 0 Å². The molecule has 0 amide bonds. The molecule has 0 bridgehead atoms. The topological polar surface area (TPSA) is 80.7 Å². The fourth-order valence-electron chi connectivity index (χ4n) is 4.03. The van der Waals surface area contributed by atoms with Crippen LogP contribution in [0.25, 0.3) is 0 Å². The van der Waals surface area contributed by atoms with Crippen LogP contribution in [0.4, 0.5) is 0 Å². The van der Waals surface area contributed by atoms with Gasteiger partial charge in [0, 0.05) is 31.6 Å². The third-order valence-electron chi connectivity index (χ3n) is 5.60. The van der Waals surface area contributed by atoms with E-state index in [1.54, 1.807) is 6.92 Å². The van der Waals surface area contributed by atoms with Gasteiger partial charge in [-0.05, 0) is 38.5 Å². The third-order valence-corrected chi connectivity index (χ3v) is 5.60. The number of Topliss-reactive ketones (excluding diaryl/α,β-unsaturated/α-hetero) is 2. The first-order valence-corrected chi connectivity index (χ1v) is 10.9. The molecule has 1 N–H and O–H groups in total. The Hall–Kier alpha value is -1.23. The first kappa shape index (κ1) is 23.8. The van der Waals surface area contributed by atoms with E-state index in [-0.39, 0.29) is 35.8 Å². The van der Waals surface area contributed by atoms with E-state index in [2.05, 4.69) is 6.92 Å². The second kappa shape index (κ2) is 13.9. The predicted octanol–water partition coefficient (Wildman–Crippen LogP) is 4.39. The predicted molar refractivity (Wildman–Crippen MR) is 105 cm³/mol. The summed E-state index contributed by atoms with van der Waals surface area (Å²) >= 11 is 0. The normalized spacial score (nSPS) is 22.2. The van der Waals surface area contributed by atoms with Gasteiger partial charge in [0.2, 0.25) is 0 Å². The summed E-state index contributed by atoms with van der Waals surface area (Å²) in [5.74, 6) is 0.0982. The Balaban J connectivity index is 2.27. The lowest BCUT2D eigenvalue weighted by Gasteiger charge is -2.20. The molecule has 0 spiro atoms. The van der Waals surface area contributed by atoms with E-state index in [1.807, 2.05) is 0 Å². The molecule has 1 rings (SSSR count). The zero-order valence-corrected chi connectivity index (χ0v) is 17.2. The number of carbonyl (C=O) groups excluding carboxylic acids is 3. The van der Waals surface area contributed by atoms with E-state index in [0.717, 1.165) is 51.4 Å². The summed E-state index contributed by atoms with van der Waals surface area (Å²) in [5, 5.41) is 10.2. The van der Waals surface area contributed by atoms with Gasteiger partial charge < -0.3 is 9.84 Å². The van der Waals surface area contributed by atoms with Gasteiger partial charge in [0.1, 0.15) is 11.6 Å². The van der Waals surface area contributed by atoms with Crippen LogP contribution in [0.1, 0.15) is 97.3 Å². The number of ketones is 2. The number of carbonyl (C=O) groups is 3. The minimum atomic E-state index is -0.588. The molecule has 1 fully saturated rings. The minimum absolute atomic E-state index is 0.0628. The average molecular weight is 383 g/mol. The SMILES string of the molecule is CCCCCC(=O)CC[C@H]1[C@H](O)CC(=O)[C@H]1CCCCCCC(=O)OCC. The van der Waals surface area contributed by atoms with Crippen LogP contribution < -0.4 is 0 Å². The molecule has 1 aliphatic rings. The molecule has 0 aromatic rings. The monoisotopic (exact) mass is 382 g/mol. The summed E-state index contributed by atoms with van der Waals surface area (Å²) in [7, 11) is 0. The average Bonchev–Trinajstić information content (AvgIpc) is 2.89. The Morgan fingerprint density at radius 2 is 1.67 bits per heavy atom. The standard InChI is InChI=1S/C22H38O5/c1-3-5-8-11-17(23)14-15-19-18(20(24)16-21(19)25)12-9-6-7-10-13-22(26)27-4-2/h18-19,21,25H,3-16H2,1-2H3/t18-,19+,21+/m0/s1. The molecule has 0 aromatic carbocycles. The first-order valence-electron chi connectivity index (χ1n) is 10.9. The van der Waals surface area contributed by atoms with E-state index in [0.29, 0.717) is 32.3 Å². The minimum Gasteiger partial charge on any atom is -0.466 e. The second-order valence-electron chi connectivity index (χ2n) is 7.80. The number of hydrogen-bond donors (Lipinski definition) is 1. The first-order chi connectivity index (χ1) is 13.0. The highest BCUT2D eigenvalue weighted by molar-refractivity contribution is 5.84. The van der Waals surface area contributed by atoms with E-state index in [9.17, 15) is 19.5 Å². The molecule has 0 unspecified atom stereocenters. The quantitative estimate of drug-likeness (QED) is 0.336. The van der Waals surface area contributed by atoms with E-state index in [4.69, 9.17) is 4.74 Å². The molecule has 5 nitrogen and oxygen atoms in total. The van der Waals surface area contributed by atoms with Crippen LogP contribution in [-0.2, 0) is 19.1 Å². The van der Waals surface area contributed by atoms with E-state index < -0.39 is 6.10 Å². The number of aliphatic hydroxyl groups is 1. The molecule has 27 heavy (non-hydrogen) atoms. The van der Waals surface area contributed by atoms with Crippen molar-refractivity contribution in [3.63, 3.8) is 0 Å². The van der Waals surface area contributed by atoms with Crippen LogP contribution in [0.15, 0.2) is 0 Å². The summed E-state index contributed by atoms with van der Waals surface area (Å²) < 4.78 is 4.91. The van der Waals surface area contributed by atoms with Gasteiger partial charge in [0.25, 0.3) is 0 Å². The zero-order valence-electron chi connectivity index (χ0n) is 17.2. The number of esters is 1. The van der Waals surface area contributed by atoms with Crippen molar-refractivity contribution >= 4 is 17.5 Å². The third kappa shape index (κ3) is 9.50. The molecule has 3 atom stereocenters. The summed E-state index contributed by atoms with van der Waals surface area (Å²) in [5.41, 5.74) is 0. The lowest BCUT2D eigenvalue weighted by Crippen LogP contribution is -2.21. The molecule has 156 valence electrons. The van der Waals surface area contributed by atoms with Gasteiger partial charge in [-0.15, -0.1) is 0 Å². The molecule has 1 aliphatic carbocycles. The van der Waals surface area contributed by atoms with Crippen molar-refractivity contribution in [2.24, 2.45) is 11.8 Å². The Bertz CT molecular complexity index is 460. The summed E-state index contributed by atoms with van der Waals surface area (Å²) in [4.78, 5) is 35.5. The fraction of sp³-hybridized carbons (Fsp3) is 0.864. The molecule has 0 aliphatic heterocycles. The highest BCUT2D eigenvalue weighted by atomic mass is 16.5. The molecule has 0 heterocycles. The van der Waals surface area contributed by atoms with Crippen LogP contribution in [0.3, 0.4) is 0 Å². The smallest absolute Gasteiger partial charge is 0.305 e. The van der Waals surface area contributed by atoms with Gasteiger partial charge in [-0.3, -0.25) is 14.4 Å². The molecular formula is C22H38O5. The summed E-state index contributed by atoms with van der Waals surface area (Å²) in [6.07, 6.45) is 9.40. The summed E-state index contributed by atoms with van der Waals surface area (Å²) in [6, 6.07) is 0. The van der Waals surface area contributed by atoms with E-state index >= 15 is 0 Å². The van der Waals surface area contributed by atoms with Crippen LogP contribution >= 0.6 is 0 Å². The van der Waals surface area contributed by atoms with Crippen LogP contribution in [-0.4, -0.2) is 35.4 Å². The van der Waals surface area contributed by atoms with Gasteiger partial charge in [-0.2, -0.15) is 0 Å². The second-order valence-corrected chi connectivity index (χ2v) is 7.80. The Kier molecular flexibility index (Phi) is 12.2. The summed E-state index contributed by atoms with van der Waals surface area (Å²) in [6.45, 7) is 4.35. The van der Waals surface area contributed by atoms with Gasteiger partial charge in [0.05, 0.1) is 12.7 Å².